The molecule has 17 heavy (non-hydrogen) atoms. The van der Waals surface area contributed by atoms with Crippen molar-refractivity contribution in [2.24, 2.45) is 5.41 Å². The second kappa shape index (κ2) is 4.71. The molecule has 1 aliphatic rings. The quantitative estimate of drug-likeness (QED) is 0.646. The van der Waals surface area contributed by atoms with E-state index in [-0.39, 0.29) is 17.0 Å². The Labute approximate surface area is 105 Å². The topological polar surface area (TPSA) is 32.3 Å². The molecule has 0 aromatic carbocycles. The standard InChI is InChI=1S/C14H26N2O/c1-13(2,3)11-7-9-16(10-8-11)12(17)15-14(4,5)6/h7H,8-10H2,1-6H3,(H,15,17). The number of nitrogens with one attached hydrogen (secondary N) is 1. The molecule has 0 bridgehead atoms. The number of hydrogen-bond donors (Lipinski definition) is 1. The monoisotopic (exact) mass is 238 g/mol. The van der Waals surface area contributed by atoms with Gasteiger partial charge in [0.2, 0.25) is 0 Å². The fourth-order valence-electron chi connectivity index (χ4n) is 1.93. The van der Waals surface area contributed by atoms with Gasteiger partial charge in [0.05, 0.1) is 0 Å². The average Bonchev–Trinajstić information content (AvgIpc) is 2.14. The summed E-state index contributed by atoms with van der Waals surface area (Å²) in [5, 5.41) is 3.00. The average molecular weight is 238 g/mol. The van der Waals surface area contributed by atoms with Gasteiger partial charge in [0.1, 0.15) is 0 Å². The van der Waals surface area contributed by atoms with Crippen molar-refractivity contribution in [1.29, 1.82) is 0 Å². The number of amides is 2. The van der Waals surface area contributed by atoms with Crippen LogP contribution >= 0.6 is 0 Å². The molecule has 98 valence electrons. The van der Waals surface area contributed by atoms with Gasteiger partial charge in [-0.05, 0) is 32.6 Å². The third kappa shape index (κ3) is 4.41. The summed E-state index contributed by atoms with van der Waals surface area (Å²) >= 11 is 0. The molecule has 3 nitrogen and oxygen atoms in total. The molecule has 1 aliphatic heterocycles. The Morgan fingerprint density at radius 3 is 2.18 bits per heavy atom. The third-order valence-electron chi connectivity index (χ3n) is 2.94. The van der Waals surface area contributed by atoms with Crippen molar-refractivity contribution in [3.8, 4) is 0 Å². The van der Waals surface area contributed by atoms with Crippen LogP contribution in [-0.2, 0) is 0 Å². The Bertz CT molecular complexity index is 318. The van der Waals surface area contributed by atoms with Gasteiger partial charge in [-0.1, -0.05) is 32.4 Å². The van der Waals surface area contributed by atoms with E-state index in [1.165, 1.54) is 5.57 Å². The van der Waals surface area contributed by atoms with Gasteiger partial charge < -0.3 is 10.2 Å². The largest absolute Gasteiger partial charge is 0.333 e. The second-order valence-corrected chi connectivity index (χ2v) is 6.86. The first-order valence-electron chi connectivity index (χ1n) is 6.36. The van der Waals surface area contributed by atoms with Crippen molar-refractivity contribution < 1.29 is 4.79 Å². The Morgan fingerprint density at radius 1 is 1.24 bits per heavy atom. The molecule has 0 saturated carbocycles. The molecule has 0 spiro atoms. The molecule has 3 heteroatoms. The highest BCUT2D eigenvalue weighted by atomic mass is 16.2. The predicted molar refractivity (Wildman–Crippen MR) is 72.0 cm³/mol. The molecule has 0 saturated heterocycles. The number of carbonyl (C=O) groups is 1. The number of nitrogens with zero attached hydrogens (tertiary/aromatic N) is 1. The summed E-state index contributed by atoms with van der Waals surface area (Å²) in [5.74, 6) is 0. The summed E-state index contributed by atoms with van der Waals surface area (Å²) in [7, 11) is 0. The van der Waals surface area contributed by atoms with Crippen molar-refractivity contribution in [2.45, 2.75) is 53.5 Å². The minimum atomic E-state index is -0.162. The normalized spacial score (nSPS) is 17.8. The molecular formula is C14H26N2O. The number of hydrogen-bond acceptors (Lipinski definition) is 1. The van der Waals surface area contributed by atoms with E-state index in [1.54, 1.807) is 0 Å². The summed E-state index contributed by atoms with van der Waals surface area (Å²) < 4.78 is 0. The van der Waals surface area contributed by atoms with Gasteiger partial charge >= 0.3 is 6.03 Å². The molecule has 0 radical (unpaired) electrons. The maximum Gasteiger partial charge on any atom is 0.318 e. The smallest absolute Gasteiger partial charge is 0.318 e. The van der Waals surface area contributed by atoms with E-state index in [4.69, 9.17) is 0 Å². The summed E-state index contributed by atoms with van der Waals surface area (Å²) in [6, 6.07) is 0.0432. The molecule has 0 aromatic rings. The van der Waals surface area contributed by atoms with Crippen LogP contribution in [0.3, 0.4) is 0 Å². The van der Waals surface area contributed by atoms with E-state index >= 15 is 0 Å². The molecule has 1 rings (SSSR count). The lowest BCUT2D eigenvalue weighted by Crippen LogP contribution is -2.49. The molecule has 0 unspecified atom stereocenters. The summed E-state index contributed by atoms with van der Waals surface area (Å²) in [4.78, 5) is 13.8. The van der Waals surface area contributed by atoms with Gasteiger partial charge in [-0.3, -0.25) is 0 Å². The van der Waals surface area contributed by atoms with Crippen LogP contribution in [0.15, 0.2) is 11.6 Å². The molecule has 1 N–H and O–H groups in total. The number of rotatable bonds is 0. The summed E-state index contributed by atoms with van der Waals surface area (Å²) in [5.41, 5.74) is 1.52. The van der Waals surface area contributed by atoms with Crippen molar-refractivity contribution >= 4 is 6.03 Å². The minimum absolute atomic E-state index is 0.0432. The van der Waals surface area contributed by atoms with Crippen LogP contribution in [0.5, 0.6) is 0 Å². The van der Waals surface area contributed by atoms with E-state index in [0.29, 0.717) is 0 Å². The fraction of sp³-hybridized carbons (Fsp3) is 0.786. The predicted octanol–water partition coefficient (Wildman–Crippen LogP) is 3.17. The highest BCUT2D eigenvalue weighted by Crippen LogP contribution is 2.30. The minimum Gasteiger partial charge on any atom is -0.333 e. The van der Waals surface area contributed by atoms with Gasteiger partial charge in [-0.2, -0.15) is 0 Å². The van der Waals surface area contributed by atoms with Crippen molar-refractivity contribution in [2.75, 3.05) is 13.1 Å². The van der Waals surface area contributed by atoms with Crippen LogP contribution in [0.1, 0.15) is 48.0 Å². The maximum atomic E-state index is 12.0. The summed E-state index contributed by atoms with van der Waals surface area (Å²) in [6.07, 6.45) is 3.19. The lowest BCUT2D eigenvalue weighted by Gasteiger charge is -2.34. The lowest BCUT2D eigenvalue weighted by molar-refractivity contribution is 0.190. The highest BCUT2D eigenvalue weighted by Gasteiger charge is 2.25. The van der Waals surface area contributed by atoms with Gasteiger partial charge in [0, 0.05) is 18.6 Å². The van der Waals surface area contributed by atoms with Gasteiger partial charge in [0.15, 0.2) is 0 Å². The molecule has 0 atom stereocenters. The van der Waals surface area contributed by atoms with E-state index in [2.05, 4.69) is 32.2 Å². The fourth-order valence-corrected chi connectivity index (χ4v) is 1.93. The third-order valence-corrected chi connectivity index (χ3v) is 2.94. The zero-order valence-electron chi connectivity index (χ0n) is 12.1. The Balaban J connectivity index is 2.58. The second-order valence-electron chi connectivity index (χ2n) is 6.86. The Morgan fingerprint density at radius 2 is 1.82 bits per heavy atom. The molecular weight excluding hydrogens is 212 g/mol. The highest BCUT2D eigenvalue weighted by molar-refractivity contribution is 5.75. The van der Waals surface area contributed by atoms with Crippen LogP contribution in [0, 0.1) is 5.41 Å². The Hall–Kier alpha value is -0.990. The molecule has 0 aromatic heterocycles. The molecule has 0 fully saturated rings. The van der Waals surface area contributed by atoms with Gasteiger partial charge in [0.25, 0.3) is 0 Å². The number of carbonyl (C=O) groups excluding carboxylic acids is 1. The van der Waals surface area contributed by atoms with Crippen molar-refractivity contribution in [1.82, 2.24) is 10.2 Å². The van der Waals surface area contributed by atoms with E-state index in [9.17, 15) is 4.79 Å². The maximum absolute atomic E-state index is 12.0. The SMILES string of the molecule is CC(C)(C)NC(=O)N1CC=C(C(C)(C)C)CC1. The van der Waals surface area contributed by atoms with Gasteiger partial charge in [-0.25, -0.2) is 4.79 Å². The van der Waals surface area contributed by atoms with E-state index < -0.39 is 0 Å². The molecule has 1 heterocycles. The van der Waals surface area contributed by atoms with Crippen LogP contribution in [-0.4, -0.2) is 29.6 Å². The number of urea groups is 1. The summed E-state index contributed by atoms with van der Waals surface area (Å²) in [6.45, 7) is 14.2. The van der Waals surface area contributed by atoms with E-state index in [0.717, 1.165) is 19.5 Å². The van der Waals surface area contributed by atoms with Gasteiger partial charge in [-0.15, -0.1) is 0 Å². The van der Waals surface area contributed by atoms with Crippen LogP contribution in [0.4, 0.5) is 4.79 Å². The Kier molecular flexibility index (Phi) is 3.90. The van der Waals surface area contributed by atoms with Crippen LogP contribution in [0.25, 0.3) is 0 Å². The first-order chi connectivity index (χ1) is 7.59. The van der Waals surface area contributed by atoms with Crippen molar-refractivity contribution in [3.05, 3.63) is 11.6 Å². The van der Waals surface area contributed by atoms with Crippen LogP contribution in [0.2, 0.25) is 0 Å². The van der Waals surface area contributed by atoms with E-state index in [1.807, 2.05) is 25.7 Å². The molecule has 2 amide bonds. The first-order valence-corrected chi connectivity index (χ1v) is 6.36. The van der Waals surface area contributed by atoms with Crippen molar-refractivity contribution in [3.63, 3.8) is 0 Å². The zero-order valence-corrected chi connectivity index (χ0v) is 12.1. The molecule has 0 aliphatic carbocycles. The zero-order chi connectivity index (χ0) is 13.3. The first kappa shape index (κ1) is 14.1. The van der Waals surface area contributed by atoms with Crippen LogP contribution < -0.4 is 5.32 Å². The lowest BCUT2D eigenvalue weighted by atomic mass is 9.83.